The summed E-state index contributed by atoms with van der Waals surface area (Å²) in [5.74, 6) is 0.280. The van der Waals surface area contributed by atoms with Crippen LogP contribution in [0.4, 0.5) is 0 Å². The topological polar surface area (TPSA) is 50.2 Å². The predicted molar refractivity (Wildman–Crippen MR) is 90.3 cm³/mol. The van der Waals surface area contributed by atoms with Gasteiger partial charge in [0, 0.05) is 31.4 Å². The monoisotopic (exact) mass is 312 g/mol. The standard InChI is InChI=1S/C18H24N4O/c1-2-19-12-10-16-8-9-18(23)21(16)14-15-4-6-17(7-5-15)22-13-3-11-20-22/h3-7,11,13,16,19H,2,8-10,12,14H2,1H3. The normalized spacial score (nSPS) is 17.9. The van der Waals surface area contributed by atoms with Gasteiger partial charge < -0.3 is 10.2 Å². The van der Waals surface area contributed by atoms with E-state index in [1.807, 2.05) is 21.8 Å². The smallest absolute Gasteiger partial charge is 0.223 e. The first-order valence-electron chi connectivity index (χ1n) is 8.37. The number of carbonyl (C=O) groups is 1. The molecule has 0 saturated carbocycles. The molecule has 1 aromatic carbocycles. The summed E-state index contributed by atoms with van der Waals surface area (Å²) in [6, 6.07) is 10.6. The highest BCUT2D eigenvalue weighted by molar-refractivity contribution is 5.78. The molecular weight excluding hydrogens is 288 g/mol. The fourth-order valence-corrected chi connectivity index (χ4v) is 3.13. The van der Waals surface area contributed by atoms with Crippen molar-refractivity contribution >= 4 is 5.91 Å². The van der Waals surface area contributed by atoms with Gasteiger partial charge in [0.1, 0.15) is 0 Å². The van der Waals surface area contributed by atoms with Crippen molar-refractivity contribution in [3.05, 3.63) is 48.3 Å². The number of aromatic nitrogens is 2. The van der Waals surface area contributed by atoms with Crippen LogP contribution in [0.5, 0.6) is 0 Å². The van der Waals surface area contributed by atoms with Crippen LogP contribution in [0.3, 0.4) is 0 Å². The second-order valence-corrected chi connectivity index (χ2v) is 5.97. The van der Waals surface area contributed by atoms with E-state index in [4.69, 9.17) is 0 Å². The lowest BCUT2D eigenvalue weighted by Crippen LogP contribution is -2.34. The second-order valence-electron chi connectivity index (χ2n) is 5.97. The third-order valence-corrected chi connectivity index (χ3v) is 4.42. The number of nitrogens with one attached hydrogen (secondary N) is 1. The molecule has 1 fully saturated rings. The minimum atomic E-state index is 0.280. The Kier molecular flexibility index (Phi) is 5.08. The molecule has 1 amide bonds. The van der Waals surface area contributed by atoms with Crippen LogP contribution in [0.15, 0.2) is 42.7 Å². The van der Waals surface area contributed by atoms with E-state index in [2.05, 4.69) is 41.6 Å². The van der Waals surface area contributed by atoms with Crippen LogP contribution >= 0.6 is 0 Å². The highest BCUT2D eigenvalue weighted by Gasteiger charge is 2.30. The number of likely N-dealkylation sites (tertiary alicyclic amines) is 1. The van der Waals surface area contributed by atoms with E-state index in [1.54, 1.807) is 6.20 Å². The van der Waals surface area contributed by atoms with Crippen molar-refractivity contribution in [3.63, 3.8) is 0 Å². The first-order chi connectivity index (χ1) is 11.3. The SMILES string of the molecule is CCNCCC1CCC(=O)N1Cc1ccc(-n2cccn2)cc1. The molecule has 1 atom stereocenters. The first-order valence-corrected chi connectivity index (χ1v) is 8.37. The second kappa shape index (κ2) is 7.42. The van der Waals surface area contributed by atoms with E-state index in [0.717, 1.165) is 31.6 Å². The van der Waals surface area contributed by atoms with Gasteiger partial charge in [0.2, 0.25) is 5.91 Å². The van der Waals surface area contributed by atoms with Gasteiger partial charge in [-0.3, -0.25) is 4.79 Å². The number of hydrogen-bond acceptors (Lipinski definition) is 3. The fraction of sp³-hybridized carbons (Fsp3) is 0.444. The predicted octanol–water partition coefficient (Wildman–Crippen LogP) is 2.36. The Morgan fingerprint density at radius 3 is 2.83 bits per heavy atom. The summed E-state index contributed by atoms with van der Waals surface area (Å²) in [6.07, 6.45) is 6.39. The van der Waals surface area contributed by atoms with Crippen molar-refractivity contribution in [2.75, 3.05) is 13.1 Å². The van der Waals surface area contributed by atoms with Gasteiger partial charge in [-0.25, -0.2) is 4.68 Å². The average molecular weight is 312 g/mol. The minimum absolute atomic E-state index is 0.280. The Morgan fingerprint density at radius 1 is 1.30 bits per heavy atom. The summed E-state index contributed by atoms with van der Waals surface area (Å²) in [7, 11) is 0. The van der Waals surface area contributed by atoms with Gasteiger partial charge >= 0.3 is 0 Å². The van der Waals surface area contributed by atoms with E-state index in [1.165, 1.54) is 5.56 Å². The van der Waals surface area contributed by atoms with E-state index >= 15 is 0 Å². The fourth-order valence-electron chi connectivity index (χ4n) is 3.13. The van der Waals surface area contributed by atoms with Crippen molar-refractivity contribution in [1.82, 2.24) is 20.0 Å². The zero-order valence-electron chi connectivity index (χ0n) is 13.6. The van der Waals surface area contributed by atoms with Crippen LogP contribution in [-0.4, -0.2) is 39.7 Å². The molecule has 3 rings (SSSR count). The molecule has 2 aromatic rings. The van der Waals surface area contributed by atoms with Crippen LogP contribution < -0.4 is 5.32 Å². The molecule has 1 unspecified atom stereocenters. The summed E-state index contributed by atoms with van der Waals surface area (Å²) in [5, 5.41) is 7.58. The Balaban J connectivity index is 1.64. The maximum Gasteiger partial charge on any atom is 0.223 e. The quantitative estimate of drug-likeness (QED) is 0.799. The highest BCUT2D eigenvalue weighted by atomic mass is 16.2. The largest absolute Gasteiger partial charge is 0.335 e. The number of nitrogens with zero attached hydrogens (tertiary/aromatic N) is 3. The molecule has 5 nitrogen and oxygen atoms in total. The van der Waals surface area contributed by atoms with Crippen molar-refractivity contribution in [2.45, 2.75) is 38.8 Å². The lowest BCUT2D eigenvalue weighted by Gasteiger charge is -2.25. The third-order valence-electron chi connectivity index (χ3n) is 4.42. The maximum atomic E-state index is 12.2. The van der Waals surface area contributed by atoms with Crippen LogP contribution in [-0.2, 0) is 11.3 Å². The van der Waals surface area contributed by atoms with Crippen LogP contribution in [0.25, 0.3) is 5.69 Å². The maximum absolute atomic E-state index is 12.2. The number of benzene rings is 1. The molecule has 1 saturated heterocycles. The van der Waals surface area contributed by atoms with Gasteiger partial charge in [-0.2, -0.15) is 5.10 Å². The van der Waals surface area contributed by atoms with Gasteiger partial charge in [-0.1, -0.05) is 19.1 Å². The first kappa shape index (κ1) is 15.7. The number of rotatable bonds is 7. The third kappa shape index (κ3) is 3.79. The van der Waals surface area contributed by atoms with Gasteiger partial charge in [-0.05, 0) is 49.7 Å². The van der Waals surface area contributed by atoms with Crippen LogP contribution in [0, 0.1) is 0 Å². The zero-order valence-corrected chi connectivity index (χ0v) is 13.6. The number of carbonyl (C=O) groups excluding carboxylic acids is 1. The Morgan fingerprint density at radius 2 is 2.13 bits per heavy atom. The lowest BCUT2D eigenvalue weighted by atomic mass is 10.1. The molecule has 1 aliphatic heterocycles. The molecule has 1 aliphatic rings. The lowest BCUT2D eigenvalue weighted by molar-refractivity contribution is -0.129. The molecule has 1 aromatic heterocycles. The van der Waals surface area contributed by atoms with Gasteiger partial charge in [-0.15, -0.1) is 0 Å². The van der Waals surface area contributed by atoms with E-state index in [0.29, 0.717) is 19.0 Å². The molecule has 5 heteroatoms. The van der Waals surface area contributed by atoms with E-state index in [-0.39, 0.29) is 5.91 Å². The van der Waals surface area contributed by atoms with Crippen LogP contribution in [0.2, 0.25) is 0 Å². The van der Waals surface area contributed by atoms with Crippen molar-refractivity contribution in [3.8, 4) is 5.69 Å². The Bertz CT molecular complexity index is 621. The van der Waals surface area contributed by atoms with Gasteiger partial charge in [0.15, 0.2) is 0 Å². The Labute approximate surface area is 137 Å². The summed E-state index contributed by atoms with van der Waals surface area (Å²) < 4.78 is 1.84. The average Bonchev–Trinajstić information content (AvgIpc) is 3.21. The van der Waals surface area contributed by atoms with Crippen LogP contribution in [0.1, 0.15) is 31.7 Å². The summed E-state index contributed by atoms with van der Waals surface area (Å²) in [6.45, 7) is 4.77. The molecule has 0 bridgehead atoms. The molecule has 1 N–H and O–H groups in total. The molecule has 2 heterocycles. The summed E-state index contributed by atoms with van der Waals surface area (Å²) in [4.78, 5) is 14.2. The van der Waals surface area contributed by atoms with E-state index < -0.39 is 0 Å². The molecule has 23 heavy (non-hydrogen) atoms. The molecule has 122 valence electrons. The minimum Gasteiger partial charge on any atom is -0.335 e. The van der Waals surface area contributed by atoms with Crippen molar-refractivity contribution in [1.29, 1.82) is 0 Å². The number of hydrogen-bond donors (Lipinski definition) is 1. The van der Waals surface area contributed by atoms with Gasteiger partial charge in [0.05, 0.1) is 5.69 Å². The zero-order chi connectivity index (χ0) is 16.1. The van der Waals surface area contributed by atoms with Crippen molar-refractivity contribution < 1.29 is 4.79 Å². The highest BCUT2D eigenvalue weighted by Crippen LogP contribution is 2.24. The summed E-state index contributed by atoms with van der Waals surface area (Å²) >= 11 is 0. The van der Waals surface area contributed by atoms with Crippen molar-refractivity contribution in [2.24, 2.45) is 0 Å². The molecule has 0 aliphatic carbocycles. The Hall–Kier alpha value is -2.14. The molecule has 0 radical (unpaired) electrons. The van der Waals surface area contributed by atoms with E-state index in [9.17, 15) is 4.79 Å². The molecular formula is C18H24N4O. The summed E-state index contributed by atoms with van der Waals surface area (Å²) in [5.41, 5.74) is 2.21. The molecule has 0 spiro atoms. The van der Waals surface area contributed by atoms with Gasteiger partial charge in [0.25, 0.3) is 0 Å². The number of amides is 1.